The van der Waals surface area contributed by atoms with E-state index in [-0.39, 0.29) is 0 Å². The van der Waals surface area contributed by atoms with Gasteiger partial charge in [0.2, 0.25) is 0 Å². The fraction of sp³-hybridized carbons (Fsp3) is 0. The van der Waals surface area contributed by atoms with Gasteiger partial charge in [-0.1, -0.05) is 54.6 Å². The monoisotopic (exact) mass is 449 g/mol. The Kier molecular flexibility index (Phi) is 4.39. The van der Waals surface area contributed by atoms with Crippen LogP contribution in [0.15, 0.2) is 116 Å². The van der Waals surface area contributed by atoms with Crippen molar-refractivity contribution in [2.24, 2.45) is 0 Å². The zero-order valence-corrected chi connectivity index (χ0v) is 18.7. The standard InChI is InChI=1S/C30H19N5/c1-2-6-20(7-3-1)21-10-12-22(13-11-21)28-27-9-5-17-35(27)30-26(34-28)18-23(19-33-30)24-14-16-32-29-25(24)8-4-15-31-29/h1-19H. The molecule has 0 aliphatic rings. The molecule has 0 saturated heterocycles. The van der Waals surface area contributed by atoms with Gasteiger partial charge in [-0.05, 0) is 53.1 Å². The van der Waals surface area contributed by atoms with Crippen molar-refractivity contribution in [3.05, 3.63) is 116 Å². The zero-order valence-electron chi connectivity index (χ0n) is 18.7. The highest BCUT2D eigenvalue weighted by molar-refractivity contribution is 5.95. The third-order valence-corrected chi connectivity index (χ3v) is 6.39. The van der Waals surface area contributed by atoms with E-state index in [1.807, 2.05) is 42.7 Å². The van der Waals surface area contributed by atoms with Crippen LogP contribution in [0.25, 0.3) is 61.2 Å². The Labute approximate surface area is 201 Å². The highest BCUT2D eigenvalue weighted by Gasteiger charge is 2.13. The summed E-state index contributed by atoms with van der Waals surface area (Å²) in [7, 11) is 0. The van der Waals surface area contributed by atoms with Crippen molar-refractivity contribution in [1.82, 2.24) is 24.3 Å². The fourth-order valence-electron chi connectivity index (χ4n) is 4.69. The summed E-state index contributed by atoms with van der Waals surface area (Å²) in [6, 6.07) is 31.2. The summed E-state index contributed by atoms with van der Waals surface area (Å²) in [6.45, 7) is 0. The van der Waals surface area contributed by atoms with Crippen LogP contribution in [0.3, 0.4) is 0 Å². The summed E-state index contributed by atoms with van der Waals surface area (Å²) in [6.07, 6.45) is 7.49. The molecule has 0 N–H and O–H groups in total. The van der Waals surface area contributed by atoms with Gasteiger partial charge in [0, 0.05) is 41.3 Å². The second-order valence-electron chi connectivity index (χ2n) is 8.47. The summed E-state index contributed by atoms with van der Waals surface area (Å²) >= 11 is 0. The molecule has 0 bridgehead atoms. The molecule has 0 unspecified atom stereocenters. The first-order valence-electron chi connectivity index (χ1n) is 11.5. The number of aromatic nitrogens is 5. The molecule has 0 aliphatic heterocycles. The normalized spacial score (nSPS) is 11.4. The summed E-state index contributed by atoms with van der Waals surface area (Å²) < 4.78 is 2.11. The topological polar surface area (TPSA) is 56.0 Å². The van der Waals surface area contributed by atoms with Crippen LogP contribution in [-0.2, 0) is 0 Å². The number of nitrogens with zero attached hydrogens (tertiary/aromatic N) is 5. The third kappa shape index (κ3) is 3.25. The maximum atomic E-state index is 5.10. The van der Waals surface area contributed by atoms with Gasteiger partial charge in [-0.25, -0.2) is 19.9 Å². The van der Waals surface area contributed by atoms with E-state index in [1.54, 1.807) is 12.4 Å². The maximum absolute atomic E-state index is 5.10. The van der Waals surface area contributed by atoms with E-state index in [0.717, 1.165) is 50.1 Å². The lowest BCUT2D eigenvalue weighted by molar-refractivity contribution is 1.17. The van der Waals surface area contributed by atoms with Crippen LogP contribution in [0.2, 0.25) is 0 Å². The molecule has 5 aromatic heterocycles. The van der Waals surface area contributed by atoms with Crippen molar-refractivity contribution in [3.8, 4) is 33.5 Å². The minimum absolute atomic E-state index is 0.720. The molecule has 0 fully saturated rings. The molecule has 0 aliphatic carbocycles. The van der Waals surface area contributed by atoms with E-state index >= 15 is 0 Å². The number of fused-ring (bicyclic) bond motifs is 4. The molecule has 0 amide bonds. The molecule has 0 radical (unpaired) electrons. The van der Waals surface area contributed by atoms with Crippen molar-refractivity contribution in [2.45, 2.75) is 0 Å². The van der Waals surface area contributed by atoms with Gasteiger partial charge in [0.15, 0.2) is 11.3 Å². The van der Waals surface area contributed by atoms with Crippen LogP contribution in [-0.4, -0.2) is 24.3 Å². The van der Waals surface area contributed by atoms with E-state index in [1.165, 1.54) is 11.1 Å². The Morgan fingerprint density at radius 1 is 0.600 bits per heavy atom. The smallest absolute Gasteiger partial charge is 0.163 e. The second-order valence-corrected chi connectivity index (χ2v) is 8.47. The second kappa shape index (κ2) is 7.85. The Balaban J connectivity index is 1.40. The van der Waals surface area contributed by atoms with Crippen molar-refractivity contribution in [3.63, 3.8) is 0 Å². The molecular formula is C30H19N5. The molecular weight excluding hydrogens is 430 g/mol. The molecule has 0 saturated carbocycles. The van der Waals surface area contributed by atoms with Crippen molar-refractivity contribution < 1.29 is 0 Å². The first-order valence-corrected chi connectivity index (χ1v) is 11.5. The van der Waals surface area contributed by atoms with Crippen LogP contribution in [0.1, 0.15) is 0 Å². The SMILES string of the molecule is c1ccc(-c2ccc(-c3nc4cc(-c5ccnc6ncccc56)cnc4n4cccc34)cc2)cc1. The molecule has 0 atom stereocenters. The lowest BCUT2D eigenvalue weighted by Gasteiger charge is -2.11. The van der Waals surface area contributed by atoms with Gasteiger partial charge in [0.05, 0.1) is 11.2 Å². The molecule has 5 nitrogen and oxygen atoms in total. The Bertz CT molecular complexity index is 1830. The minimum atomic E-state index is 0.720. The number of benzene rings is 2. The van der Waals surface area contributed by atoms with Gasteiger partial charge in [0.25, 0.3) is 0 Å². The predicted molar refractivity (Wildman–Crippen MR) is 140 cm³/mol. The lowest BCUT2D eigenvalue weighted by atomic mass is 10.0. The minimum Gasteiger partial charge on any atom is -0.298 e. The largest absolute Gasteiger partial charge is 0.298 e. The van der Waals surface area contributed by atoms with Crippen LogP contribution >= 0.6 is 0 Å². The average molecular weight is 450 g/mol. The quantitative estimate of drug-likeness (QED) is 0.297. The van der Waals surface area contributed by atoms with E-state index in [2.05, 4.69) is 75.0 Å². The number of hydrogen-bond donors (Lipinski definition) is 0. The van der Waals surface area contributed by atoms with Crippen LogP contribution < -0.4 is 0 Å². The van der Waals surface area contributed by atoms with Crippen molar-refractivity contribution >= 4 is 27.7 Å². The first kappa shape index (κ1) is 19.6. The maximum Gasteiger partial charge on any atom is 0.163 e. The van der Waals surface area contributed by atoms with E-state index in [4.69, 9.17) is 9.97 Å². The summed E-state index contributed by atoms with van der Waals surface area (Å²) in [4.78, 5) is 18.7. The Morgan fingerprint density at radius 3 is 2.29 bits per heavy atom. The third-order valence-electron chi connectivity index (χ3n) is 6.39. The van der Waals surface area contributed by atoms with Crippen LogP contribution in [0.4, 0.5) is 0 Å². The first-order chi connectivity index (χ1) is 17.3. The Hall–Kier alpha value is -4.90. The van der Waals surface area contributed by atoms with Crippen molar-refractivity contribution in [1.29, 1.82) is 0 Å². The predicted octanol–water partition coefficient (Wildman–Crippen LogP) is 6.83. The Morgan fingerprint density at radius 2 is 1.40 bits per heavy atom. The van der Waals surface area contributed by atoms with Crippen LogP contribution in [0.5, 0.6) is 0 Å². The highest BCUT2D eigenvalue weighted by atomic mass is 15.0. The van der Waals surface area contributed by atoms with Crippen molar-refractivity contribution in [2.75, 3.05) is 0 Å². The zero-order chi connectivity index (χ0) is 23.2. The number of rotatable bonds is 3. The van der Waals surface area contributed by atoms with Gasteiger partial charge >= 0.3 is 0 Å². The molecule has 0 spiro atoms. The molecule has 2 aromatic carbocycles. The van der Waals surface area contributed by atoms with Gasteiger partial charge in [-0.15, -0.1) is 0 Å². The van der Waals surface area contributed by atoms with Crippen LogP contribution in [0, 0.1) is 0 Å². The van der Waals surface area contributed by atoms with E-state index < -0.39 is 0 Å². The van der Waals surface area contributed by atoms with Gasteiger partial charge in [-0.2, -0.15) is 0 Å². The highest BCUT2D eigenvalue weighted by Crippen LogP contribution is 2.32. The number of pyridine rings is 3. The lowest BCUT2D eigenvalue weighted by Crippen LogP contribution is -1.97. The summed E-state index contributed by atoms with van der Waals surface area (Å²) in [5.41, 5.74) is 9.83. The van der Waals surface area contributed by atoms with E-state index in [0.29, 0.717) is 0 Å². The molecule has 7 rings (SSSR count). The molecule has 5 heterocycles. The van der Waals surface area contributed by atoms with E-state index in [9.17, 15) is 0 Å². The summed E-state index contributed by atoms with van der Waals surface area (Å²) in [5.74, 6) is 0. The molecule has 5 heteroatoms. The molecule has 7 aromatic rings. The molecule has 35 heavy (non-hydrogen) atoms. The fourth-order valence-corrected chi connectivity index (χ4v) is 4.69. The summed E-state index contributed by atoms with van der Waals surface area (Å²) in [5, 5.41) is 0.995. The molecule has 164 valence electrons. The average Bonchev–Trinajstić information content (AvgIpc) is 3.43. The van der Waals surface area contributed by atoms with Gasteiger partial charge < -0.3 is 0 Å². The number of hydrogen-bond acceptors (Lipinski definition) is 4. The van der Waals surface area contributed by atoms with Gasteiger partial charge in [0.1, 0.15) is 5.52 Å². The van der Waals surface area contributed by atoms with Gasteiger partial charge in [-0.3, -0.25) is 4.40 Å².